The highest BCUT2D eigenvalue weighted by Gasteiger charge is 2.14. The van der Waals surface area contributed by atoms with Crippen LogP contribution in [0, 0.1) is 0 Å². The van der Waals surface area contributed by atoms with Gasteiger partial charge in [0.15, 0.2) is 0 Å². The Morgan fingerprint density at radius 3 is 2.33 bits per heavy atom. The molecule has 0 saturated heterocycles. The molecule has 0 spiro atoms. The summed E-state index contributed by atoms with van der Waals surface area (Å²) in [5.41, 5.74) is 2.33. The Bertz CT molecular complexity index is 455. The molecule has 0 radical (unpaired) electrons. The van der Waals surface area contributed by atoms with E-state index in [0.29, 0.717) is 0 Å². The fourth-order valence-electron chi connectivity index (χ4n) is 2.49. The highest BCUT2D eigenvalue weighted by Crippen LogP contribution is 2.19. The van der Waals surface area contributed by atoms with E-state index in [2.05, 4.69) is 65.4 Å². The van der Waals surface area contributed by atoms with Gasteiger partial charge in [-0.15, -0.1) is 0 Å². The van der Waals surface area contributed by atoms with Crippen LogP contribution in [-0.4, -0.2) is 36.1 Å². The maximum atomic E-state index is 4.52. The van der Waals surface area contributed by atoms with Crippen LogP contribution in [0.15, 0.2) is 54.7 Å². The number of hydrogen-bond donors (Lipinski definition) is 1. The smallest absolute Gasteiger partial charge is 0.0751 e. The van der Waals surface area contributed by atoms with Gasteiger partial charge in [0, 0.05) is 19.3 Å². The molecule has 3 heteroatoms. The Morgan fingerprint density at radius 2 is 1.71 bits per heavy atom. The minimum atomic E-state index is 0.156. The van der Waals surface area contributed by atoms with Gasteiger partial charge in [-0.2, -0.15) is 0 Å². The lowest BCUT2D eigenvalue weighted by Crippen LogP contribution is -2.34. The van der Waals surface area contributed by atoms with Crippen molar-refractivity contribution in [1.82, 2.24) is 15.2 Å². The van der Waals surface area contributed by atoms with Crippen molar-refractivity contribution < 1.29 is 0 Å². The van der Waals surface area contributed by atoms with E-state index in [1.807, 2.05) is 18.3 Å². The molecule has 3 nitrogen and oxygen atoms in total. The molecule has 1 aromatic carbocycles. The molecule has 0 aliphatic heterocycles. The van der Waals surface area contributed by atoms with Gasteiger partial charge in [0.25, 0.3) is 0 Å². The summed E-state index contributed by atoms with van der Waals surface area (Å²) >= 11 is 0. The first-order chi connectivity index (χ1) is 10.3. The molecule has 2 aromatic rings. The van der Waals surface area contributed by atoms with Crippen LogP contribution >= 0.6 is 0 Å². The maximum absolute atomic E-state index is 4.52. The summed E-state index contributed by atoms with van der Waals surface area (Å²) in [6.07, 6.45) is 1.86. The Morgan fingerprint density at radius 1 is 1.00 bits per heavy atom. The van der Waals surface area contributed by atoms with Crippen molar-refractivity contribution in [3.8, 4) is 0 Å². The number of rotatable bonds is 8. The number of benzene rings is 1. The molecule has 1 aromatic heterocycles. The molecule has 0 fully saturated rings. The summed E-state index contributed by atoms with van der Waals surface area (Å²) < 4.78 is 0. The Hall–Kier alpha value is -1.71. The van der Waals surface area contributed by atoms with Crippen molar-refractivity contribution in [3.63, 3.8) is 0 Å². The molecule has 1 N–H and O–H groups in total. The highest BCUT2D eigenvalue weighted by atomic mass is 15.1. The summed E-state index contributed by atoms with van der Waals surface area (Å²) in [6.45, 7) is 8.62. The monoisotopic (exact) mass is 283 g/mol. The average molecular weight is 283 g/mol. The van der Waals surface area contributed by atoms with Gasteiger partial charge in [-0.1, -0.05) is 50.2 Å². The second-order valence-electron chi connectivity index (χ2n) is 5.08. The molecular weight excluding hydrogens is 258 g/mol. The van der Waals surface area contributed by atoms with E-state index in [0.717, 1.165) is 31.9 Å². The number of likely N-dealkylation sites (N-methyl/N-ethyl adjacent to an activating group) is 1. The van der Waals surface area contributed by atoms with Gasteiger partial charge in [-0.25, -0.2) is 0 Å². The van der Waals surface area contributed by atoms with Gasteiger partial charge >= 0.3 is 0 Å². The maximum Gasteiger partial charge on any atom is 0.0751 e. The molecule has 2 rings (SSSR count). The molecule has 21 heavy (non-hydrogen) atoms. The van der Waals surface area contributed by atoms with Crippen LogP contribution in [0.5, 0.6) is 0 Å². The first-order valence-corrected chi connectivity index (χ1v) is 7.76. The van der Waals surface area contributed by atoms with Crippen LogP contribution in [0.3, 0.4) is 0 Å². The molecular formula is C18H25N3. The van der Waals surface area contributed by atoms with Crippen LogP contribution in [0.25, 0.3) is 0 Å². The zero-order chi connectivity index (χ0) is 14.9. The van der Waals surface area contributed by atoms with Crippen LogP contribution in [0.4, 0.5) is 0 Å². The molecule has 1 heterocycles. The minimum absolute atomic E-state index is 0.156. The van der Waals surface area contributed by atoms with E-state index in [1.165, 1.54) is 5.56 Å². The van der Waals surface area contributed by atoms with Crippen molar-refractivity contribution in [3.05, 3.63) is 66.0 Å². The van der Waals surface area contributed by atoms with E-state index < -0.39 is 0 Å². The average Bonchev–Trinajstić information content (AvgIpc) is 2.57. The second-order valence-corrected chi connectivity index (χ2v) is 5.08. The Labute approximate surface area is 128 Å². The molecule has 0 bridgehead atoms. The van der Waals surface area contributed by atoms with E-state index in [-0.39, 0.29) is 6.04 Å². The summed E-state index contributed by atoms with van der Waals surface area (Å²) in [5, 5.41) is 3.65. The SMILES string of the molecule is CCN(CC)CCNC(c1ccccc1)c1ccccn1. The number of nitrogens with zero attached hydrogens (tertiary/aromatic N) is 2. The predicted molar refractivity (Wildman–Crippen MR) is 88.3 cm³/mol. The molecule has 1 unspecified atom stereocenters. The number of hydrogen-bond acceptors (Lipinski definition) is 3. The minimum Gasteiger partial charge on any atom is -0.304 e. The zero-order valence-corrected chi connectivity index (χ0v) is 13.0. The van der Waals surface area contributed by atoms with Crippen molar-refractivity contribution in [2.75, 3.05) is 26.2 Å². The Balaban J connectivity index is 2.07. The summed E-state index contributed by atoms with van der Waals surface area (Å²) in [6, 6.07) is 16.8. The van der Waals surface area contributed by atoms with Crippen molar-refractivity contribution in [2.24, 2.45) is 0 Å². The van der Waals surface area contributed by atoms with E-state index in [4.69, 9.17) is 0 Å². The lowest BCUT2D eigenvalue weighted by Gasteiger charge is -2.22. The van der Waals surface area contributed by atoms with Gasteiger partial charge in [0.2, 0.25) is 0 Å². The third kappa shape index (κ3) is 4.66. The van der Waals surface area contributed by atoms with Crippen molar-refractivity contribution in [2.45, 2.75) is 19.9 Å². The van der Waals surface area contributed by atoms with E-state index >= 15 is 0 Å². The standard InChI is InChI=1S/C18H25N3/c1-3-21(4-2)15-14-20-18(16-10-6-5-7-11-16)17-12-8-9-13-19-17/h5-13,18,20H,3-4,14-15H2,1-2H3. The molecule has 0 aliphatic carbocycles. The fraction of sp³-hybridized carbons (Fsp3) is 0.389. The quantitative estimate of drug-likeness (QED) is 0.807. The van der Waals surface area contributed by atoms with Crippen molar-refractivity contribution >= 4 is 0 Å². The molecule has 1 atom stereocenters. The third-order valence-electron chi connectivity index (χ3n) is 3.79. The first-order valence-electron chi connectivity index (χ1n) is 7.76. The number of nitrogens with one attached hydrogen (secondary N) is 1. The number of pyridine rings is 1. The van der Waals surface area contributed by atoms with Crippen LogP contribution in [0.1, 0.15) is 31.1 Å². The van der Waals surface area contributed by atoms with Crippen LogP contribution in [-0.2, 0) is 0 Å². The first kappa shape index (κ1) is 15.7. The summed E-state index contributed by atoms with van der Waals surface area (Å²) in [5.74, 6) is 0. The lowest BCUT2D eigenvalue weighted by molar-refractivity contribution is 0.299. The molecule has 112 valence electrons. The molecule has 0 amide bonds. The fourth-order valence-corrected chi connectivity index (χ4v) is 2.49. The van der Waals surface area contributed by atoms with Gasteiger partial charge in [0.05, 0.1) is 11.7 Å². The van der Waals surface area contributed by atoms with Crippen LogP contribution < -0.4 is 5.32 Å². The van der Waals surface area contributed by atoms with E-state index in [9.17, 15) is 0 Å². The van der Waals surface area contributed by atoms with Gasteiger partial charge < -0.3 is 10.2 Å². The van der Waals surface area contributed by atoms with Gasteiger partial charge in [-0.3, -0.25) is 4.98 Å². The lowest BCUT2D eigenvalue weighted by atomic mass is 10.0. The second kappa shape index (κ2) is 8.55. The topological polar surface area (TPSA) is 28.2 Å². The Kier molecular flexibility index (Phi) is 6.38. The van der Waals surface area contributed by atoms with Crippen LogP contribution in [0.2, 0.25) is 0 Å². The normalized spacial score (nSPS) is 12.5. The van der Waals surface area contributed by atoms with Crippen molar-refractivity contribution in [1.29, 1.82) is 0 Å². The predicted octanol–water partition coefficient (Wildman–Crippen LogP) is 3.10. The van der Waals surface area contributed by atoms with Gasteiger partial charge in [-0.05, 0) is 30.8 Å². The summed E-state index contributed by atoms with van der Waals surface area (Å²) in [7, 11) is 0. The van der Waals surface area contributed by atoms with E-state index in [1.54, 1.807) is 0 Å². The molecule has 0 aliphatic rings. The molecule has 0 saturated carbocycles. The zero-order valence-electron chi connectivity index (χ0n) is 13.0. The van der Waals surface area contributed by atoms with Gasteiger partial charge in [0.1, 0.15) is 0 Å². The third-order valence-corrected chi connectivity index (χ3v) is 3.79. The summed E-state index contributed by atoms with van der Waals surface area (Å²) in [4.78, 5) is 6.94. The largest absolute Gasteiger partial charge is 0.304 e. The highest BCUT2D eigenvalue weighted by molar-refractivity contribution is 5.27. The number of aromatic nitrogens is 1.